The number of rotatable bonds is 14. The molecule has 0 bridgehead atoms. The Balaban J connectivity index is 2.15. The summed E-state index contributed by atoms with van der Waals surface area (Å²) in [6.07, 6.45) is -0.0829. The van der Waals surface area contributed by atoms with Crippen molar-refractivity contribution < 1.29 is 10.2 Å². The molecule has 45 heavy (non-hydrogen) atoms. The number of nitrogens with zero attached hydrogens (tertiary/aromatic N) is 6. The summed E-state index contributed by atoms with van der Waals surface area (Å²) in [6, 6.07) is 7.99. The molecule has 3 rings (SSSR count). The first-order valence-electron chi connectivity index (χ1n) is 15.0. The van der Waals surface area contributed by atoms with Gasteiger partial charge in [0.15, 0.2) is 0 Å². The van der Waals surface area contributed by atoms with Crippen LogP contribution in [0.15, 0.2) is 71.8 Å². The van der Waals surface area contributed by atoms with E-state index >= 15 is 0 Å². The van der Waals surface area contributed by atoms with E-state index in [1.165, 1.54) is 18.2 Å². The van der Waals surface area contributed by atoms with E-state index in [1.807, 2.05) is 20.8 Å². The molecule has 0 spiro atoms. The van der Waals surface area contributed by atoms with E-state index in [4.69, 9.17) is 0 Å². The van der Waals surface area contributed by atoms with Crippen LogP contribution in [0.2, 0.25) is 0 Å². The molecule has 0 amide bonds. The normalized spacial score (nSPS) is 13.5. The third kappa shape index (κ3) is 7.34. The fourth-order valence-corrected chi connectivity index (χ4v) is 5.03. The van der Waals surface area contributed by atoms with Gasteiger partial charge in [-0.3, -0.25) is 0 Å². The van der Waals surface area contributed by atoms with Gasteiger partial charge in [0.25, 0.3) is 0 Å². The maximum Gasteiger partial charge on any atom is 0.341 e. The van der Waals surface area contributed by atoms with Crippen LogP contribution < -0.4 is 34.1 Å². The lowest BCUT2D eigenvalue weighted by atomic mass is 9.84. The molecule has 2 N–H and O–H groups in total. The largest absolute Gasteiger partial charge is 0.391 e. The van der Waals surface area contributed by atoms with E-state index in [-0.39, 0.29) is 24.1 Å². The van der Waals surface area contributed by atoms with Crippen molar-refractivity contribution >= 4 is 0 Å². The molecule has 0 saturated carbocycles. The number of allylic oxidation sites excluding steroid dienone is 1. The van der Waals surface area contributed by atoms with E-state index in [9.17, 15) is 39.0 Å². The zero-order valence-electron chi connectivity index (χ0n) is 26.8. The second-order valence-electron chi connectivity index (χ2n) is 12.6. The number of aliphatic hydroxyl groups is 2. The van der Waals surface area contributed by atoms with Gasteiger partial charge in [-0.15, -0.1) is 6.58 Å². The molecule has 0 aliphatic heterocycles. The highest BCUT2D eigenvalue weighted by molar-refractivity contribution is 5.30. The molecule has 0 radical (unpaired) electrons. The molecule has 0 saturated heterocycles. The average molecular weight is 629 g/mol. The standard InChI is InChI=1S/C31H44N6O8/c1-8-16-32-24(40)33(18-22(38)17-30(4,5)9-2)26(42)34(25(32)41)19-23(39)20-35-27(43)36(21-14-12-11-13-15-21)29(45)37(28(35)44)31(6,7)10-3/h8,11-15,22-23,38-39H,1,9-10,16-20H2,2-7H3. The van der Waals surface area contributed by atoms with Gasteiger partial charge in [-0.05, 0) is 44.2 Å². The summed E-state index contributed by atoms with van der Waals surface area (Å²) < 4.78 is 4.56. The molecule has 2 atom stereocenters. The van der Waals surface area contributed by atoms with E-state index < -0.39 is 71.5 Å². The van der Waals surface area contributed by atoms with Crippen molar-refractivity contribution in [1.82, 2.24) is 27.4 Å². The van der Waals surface area contributed by atoms with Crippen LogP contribution in [-0.2, 0) is 31.7 Å². The predicted octanol–water partition coefficient (Wildman–Crippen LogP) is 0.225. The minimum Gasteiger partial charge on any atom is -0.391 e. The van der Waals surface area contributed by atoms with Crippen molar-refractivity contribution in [1.29, 1.82) is 0 Å². The van der Waals surface area contributed by atoms with E-state index in [0.717, 1.165) is 24.7 Å². The molecule has 2 unspecified atom stereocenters. The average Bonchev–Trinajstić information content (AvgIpc) is 2.98. The second kappa shape index (κ2) is 13.8. The summed E-state index contributed by atoms with van der Waals surface area (Å²) in [5.74, 6) is 0. The van der Waals surface area contributed by atoms with Gasteiger partial charge in [0.2, 0.25) is 0 Å². The molecule has 1 aromatic carbocycles. The van der Waals surface area contributed by atoms with Crippen LogP contribution in [0, 0.1) is 5.41 Å². The fraction of sp³-hybridized carbons (Fsp3) is 0.548. The van der Waals surface area contributed by atoms with Crippen molar-refractivity contribution in [3.8, 4) is 5.69 Å². The highest BCUT2D eigenvalue weighted by Gasteiger charge is 2.29. The molecular weight excluding hydrogens is 584 g/mol. The highest BCUT2D eigenvalue weighted by Crippen LogP contribution is 2.26. The Bertz CT molecular complexity index is 1890. The van der Waals surface area contributed by atoms with Gasteiger partial charge in [0.05, 0.1) is 44.1 Å². The molecule has 0 aliphatic rings. The topological polar surface area (TPSA) is 172 Å². The third-order valence-corrected chi connectivity index (χ3v) is 8.33. The Morgan fingerprint density at radius 1 is 0.689 bits per heavy atom. The molecule has 3 aromatic rings. The van der Waals surface area contributed by atoms with Gasteiger partial charge in [0.1, 0.15) is 0 Å². The first-order valence-corrected chi connectivity index (χ1v) is 15.0. The van der Waals surface area contributed by atoms with E-state index in [1.54, 1.807) is 39.0 Å². The predicted molar refractivity (Wildman–Crippen MR) is 170 cm³/mol. The zero-order chi connectivity index (χ0) is 33.9. The Kier molecular flexibility index (Phi) is 10.8. The van der Waals surface area contributed by atoms with Crippen LogP contribution in [0.1, 0.15) is 60.8 Å². The fourth-order valence-electron chi connectivity index (χ4n) is 5.03. The quantitative estimate of drug-likeness (QED) is 0.239. The minimum atomic E-state index is -1.66. The zero-order valence-corrected chi connectivity index (χ0v) is 26.8. The molecule has 14 heteroatoms. The summed E-state index contributed by atoms with van der Waals surface area (Å²) in [6.45, 7) is 12.5. The van der Waals surface area contributed by atoms with Crippen LogP contribution in [0.25, 0.3) is 5.69 Å². The minimum absolute atomic E-state index is 0.205. The maximum absolute atomic E-state index is 13.6. The van der Waals surface area contributed by atoms with Crippen LogP contribution in [0.4, 0.5) is 0 Å². The molecule has 2 aromatic heterocycles. The van der Waals surface area contributed by atoms with Crippen molar-refractivity contribution in [3.05, 3.63) is 106 Å². The highest BCUT2D eigenvalue weighted by atomic mass is 16.3. The Morgan fingerprint density at radius 2 is 1.18 bits per heavy atom. The summed E-state index contributed by atoms with van der Waals surface area (Å²) in [7, 11) is 0. The van der Waals surface area contributed by atoms with Gasteiger partial charge >= 0.3 is 34.1 Å². The molecular formula is C31H44N6O8. The summed E-state index contributed by atoms with van der Waals surface area (Å²) in [4.78, 5) is 80.5. The maximum atomic E-state index is 13.6. The van der Waals surface area contributed by atoms with E-state index in [2.05, 4.69) is 6.58 Å². The number of benzene rings is 1. The molecule has 246 valence electrons. The molecule has 0 aliphatic carbocycles. The van der Waals surface area contributed by atoms with Gasteiger partial charge in [0, 0.05) is 5.54 Å². The van der Waals surface area contributed by atoms with Crippen LogP contribution >= 0.6 is 0 Å². The Morgan fingerprint density at radius 3 is 1.67 bits per heavy atom. The lowest BCUT2D eigenvalue weighted by molar-refractivity contribution is 0.0904. The number of aliphatic hydroxyl groups excluding tert-OH is 2. The first-order chi connectivity index (χ1) is 21.0. The molecule has 0 fully saturated rings. The number of hydrogen-bond acceptors (Lipinski definition) is 8. The monoisotopic (exact) mass is 628 g/mol. The van der Waals surface area contributed by atoms with Crippen molar-refractivity contribution in [3.63, 3.8) is 0 Å². The van der Waals surface area contributed by atoms with Gasteiger partial charge in [-0.1, -0.05) is 58.4 Å². The molecule has 2 heterocycles. The van der Waals surface area contributed by atoms with Crippen molar-refractivity contribution in [2.24, 2.45) is 5.41 Å². The van der Waals surface area contributed by atoms with Crippen molar-refractivity contribution in [2.75, 3.05) is 0 Å². The number of aromatic nitrogens is 6. The van der Waals surface area contributed by atoms with Gasteiger partial charge in [-0.25, -0.2) is 56.2 Å². The SMILES string of the molecule is C=CCn1c(=O)n(CC(O)Cn2c(=O)n(-c3ccccc3)c(=O)n(C(C)(C)CC)c2=O)c(=O)n(CC(O)CC(C)(C)CC)c1=O. The molecule has 14 nitrogen and oxygen atoms in total. The Labute approximate surface area is 259 Å². The third-order valence-electron chi connectivity index (χ3n) is 8.33. The number of para-hydroxylation sites is 1. The Hall–Kier alpha value is -4.30. The summed E-state index contributed by atoms with van der Waals surface area (Å²) >= 11 is 0. The number of hydrogen-bond donors (Lipinski definition) is 2. The van der Waals surface area contributed by atoms with E-state index in [0.29, 0.717) is 15.6 Å². The summed E-state index contributed by atoms with van der Waals surface area (Å²) in [5, 5.41) is 21.8. The van der Waals surface area contributed by atoms with Gasteiger partial charge in [-0.2, -0.15) is 0 Å². The second-order valence-corrected chi connectivity index (χ2v) is 12.6. The lowest BCUT2D eigenvalue weighted by Crippen LogP contribution is -2.59. The summed E-state index contributed by atoms with van der Waals surface area (Å²) in [5.41, 5.74) is -6.96. The smallest absolute Gasteiger partial charge is 0.341 e. The van der Waals surface area contributed by atoms with Crippen molar-refractivity contribution in [2.45, 2.75) is 105 Å². The lowest BCUT2D eigenvalue weighted by Gasteiger charge is -2.27. The van der Waals surface area contributed by atoms with Crippen LogP contribution in [0.5, 0.6) is 0 Å². The van der Waals surface area contributed by atoms with Crippen LogP contribution in [0.3, 0.4) is 0 Å². The van der Waals surface area contributed by atoms with Crippen LogP contribution in [-0.4, -0.2) is 49.8 Å². The first kappa shape index (κ1) is 35.2. The van der Waals surface area contributed by atoms with Gasteiger partial charge < -0.3 is 10.2 Å².